The molecule has 6 heteroatoms. The Labute approximate surface area is 131 Å². The van der Waals surface area contributed by atoms with Crippen LogP contribution < -0.4 is 5.73 Å². The van der Waals surface area contributed by atoms with Crippen molar-refractivity contribution < 1.29 is 13.2 Å². The minimum atomic E-state index is -0.724. The van der Waals surface area contributed by atoms with Crippen molar-refractivity contribution in [3.05, 3.63) is 67.9 Å². The van der Waals surface area contributed by atoms with Crippen LogP contribution in [0.1, 0.15) is 17.2 Å². The Morgan fingerprint density at radius 1 is 1.00 bits per heavy atom. The van der Waals surface area contributed by atoms with Crippen LogP contribution in [-0.4, -0.2) is 0 Å². The van der Waals surface area contributed by atoms with E-state index in [9.17, 15) is 13.2 Å². The molecule has 0 amide bonds. The highest BCUT2D eigenvalue weighted by Crippen LogP contribution is 2.29. The molecule has 1 unspecified atom stereocenters. The summed E-state index contributed by atoms with van der Waals surface area (Å²) < 4.78 is 41.6. The van der Waals surface area contributed by atoms with Crippen molar-refractivity contribution in [2.75, 3.05) is 0 Å². The Balaban J connectivity index is 2.35. The average Bonchev–Trinajstić information content (AvgIpc) is 2.41. The highest BCUT2D eigenvalue weighted by atomic mass is 79.9. The van der Waals surface area contributed by atoms with Crippen LogP contribution in [0.15, 0.2) is 39.3 Å². The summed E-state index contributed by atoms with van der Waals surface area (Å²) in [6.07, 6.45) is -0.0703. The Morgan fingerprint density at radius 2 is 1.65 bits per heavy atom. The van der Waals surface area contributed by atoms with Crippen LogP contribution in [0.2, 0.25) is 0 Å². The van der Waals surface area contributed by atoms with Crippen LogP contribution in [0.4, 0.5) is 13.2 Å². The van der Waals surface area contributed by atoms with Gasteiger partial charge in [0.2, 0.25) is 0 Å². The van der Waals surface area contributed by atoms with Crippen molar-refractivity contribution in [1.29, 1.82) is 0 Å². The maximum absolute atomic E-state index is 13.9. The predicted molar refractivity (Wildman–Crippen MR) is 78.8 cm³/mol. The van der Waals surface area contributed by atoms with E-state index in [1.54, 1.807) is 0 Å². The average molecular weight is 409 g/mol. The smallest absolute Gasteiger partial charge is 0.143 e. The first kappa shape index (κ1) is 15.5. The number of hydrogen-bond acceptors (Lipinski definition) is 1. The van der Waals surface area contributed by atoms with Gasteiger partial charge in [-0.2, -0.15) is 0 Å². The van der Waals surface area contributed by atoms with E-state index >= 15 is 0 Å². The molecule has 2 aromatic carbocycles. The van der Waals surface area contributed by atoms with E-state index in [1.807, 2.05) is 0 Å². The molecule has 0 aliphatic heterocycles. The molecule has 2 aromatic rings. The van der Waals surface area contributed by atoms with Gasteiger partial charge in [-0.3, -0.25) is 0 Å². The van der Waals surface area contributed by atoms with Gasteiger partial charge in [-0.15, -0.1) is 0 Å². The summed E-state index contributed by atoms with van der Waals surface area (Å²) in [5, 5.41) is 0. The molecule has 20 heavy (non-hydrogen) atoms. The Kier molecular flexibility index (Phi) is 4.88. The fourth-order valence-corrected chi connectivity index (χ4v) is 2.80. The number of nitrogens with two attached hydrogens (primary N) is 1. The van der Waals surface area contributed by atoms with Crippen LogP contribution in [0.3, 0.4) is 0 Å². The van der Waals surface area contributed by atoms with Crippen LogP contribution in [0.25, 0.3) is 0 Å². The number of benzene rings is 2. The van der Waals surface area contributed by atoms with Gasteiger partial charge in [0.25, 0.3) is 0 Å². The van der Waals surface area contributed by atoms with E-state index in [2.05, 4.69) is 31.9 Å². The molecule has 0 fully saturated rings. The van der Waals surface area contributed by atoms with E-state index in [1.165, 1.54) is 24.3 Å². The number of halogens is 5. The van der Waals surface area contributed by atoms with Crippen molar-refractivity contribution in [3.8, 4) is 0 Å². The van der Waals surface area contributed by atoms with Crippen LogP contribution in [-0.2, 0) is 6.42 Å². The second-order valence-electron chi connectivity index (χ2n) is 4.30. The minimum Gasteiger partial charge on any atom is -0.324 e. The molecule has 0 aliphatic rings. The Hall–Kier alpha value is -0.850. The predicted octanol–water partition coefficient (Wildman–Crippen LogP) is 4.87. The van der Waals surface area contributed by atoms with Crippen LogP contribution >= 0.6 is 31.9 Å². The fourth-order valence-electron chi connectivity index (χ4n) is 1.88. The molecule has 1 atom stereocenters. The first-order valence-corrected chi connectivity index (χ1v) is 7.31. The van der Waals surface area contributed by atoms with Crippen molar-refractivity contribution in [1.82, 2.24) is 0 Å². The molecule has 2 N–H and O–H groups in total. The van der Waals surface area contributed by atoms with Crippen molar-refractivity contribution in [2.24, 2.45) is 5.73 Å². The van der Waals surface area contributed by atoms with Gasteiger partial charge in [-0.05, 0) is 58.2 Å². The Bertz CT molecular complexity index is 647. The zero-order valence-electron chi connectivity index (χ0n) is 10.1. The largest absolute Gasteiger partial charge is 0.324 e. The lowest BCUT2D eigenvalue weighted by molar-refractivity contribution is 0.534. The molecule has 0 radical (unpaired) electrons. The molecular formula is C14H10Br2F3N. The maximum Gasteiger partial charge on any atom is 0.143 e. The molecule has 0 saturated carbocycles. The lowest BCUT2D eigenvalue weighted by Gasteiger charge is -2.15. The quantitative estimate of drug-likeness (QED) is 0.720. The van der Waals surface area contributed by atoms with Crippen LogP contribution in [0, 0.1) is 17.5 Å². The summed E-state index contributed by atoms with van der Waals surface area (Å²) in [5.41, 5.74) is 6.28. The maximum atomic E-state index is 13.9. The fraction of sp³-hybridized carbons (Fsp3) is 0.143. The van der Waals surface area contributed by atoms with Crippen LogP contribution in [0.5, 0.6) is 0 Å². The standard InChI is InChI=1S/C14H10Br2F3N/c15-10-2-1-7(17)5-8(10)13(20)6-9-12(18)4-3-11(16)14(9)19/h1-5,13H,6,20H2. The SMILES string of the molecule is NC(Cc1c(F)ccc(Br)c1F)c1cc(F)ccc1Br. The Morgan fingerprint density at radius 3 is 2.35 bits per heavy atom. The summed E-state index contributed by atoms with van der Waals surface area (Å²) in [6.45, 7) is 0. The summed E-state index contributed by atoms with van der Waals surface area (Å²) in [6, 6.07) is 5.77. The summed E-state index contributed by atoms with van der Waals surface area (Å²) in [5.74, 6) is -1.81. The molecular weight excluding hydrogens is 399 g/mol. The monoisotopic (exact) mass is 407 g/mol. The summed E-state index contributed by atoms with van der Waals surface area (Å²) in [7, 11) is 0. The van der Waals surface area contributed by atoms with Gasteiger partial charge in [-0.25, -0.2) is 13.2 Å². The number of rotatable bonds is 3. The second-order valence-corrected chi connectivity index (χ2v) is 6.01. The molecule has 106 valence electrons. The van der Waals surface area contributed by atoms with Gasteiger partial charge in [-0.1, -0.05) is 15.9 Å². The normalized spacial score (nSPS) is 12.5. The lowest BCUT2D eigenvalue weighted by atomic mass is 9.99. The van der Waals surface area contributed by atoms with Gasteiger partial charge < -0.3 is 5.73 Å². The van der Waals surface area contributed by atoms with Gasteiger partial charge in [0.05, 0.1) is 4.47 Å². The van der Waals surface area contributed by atoms with Crippen molar-refractivity contribution in [3.63, 3.8) is 0 Å². The van der Waals surface area contributed by atoms with Gasteiger partial charge in [0.15, 0.2) is 0 Å². The van der Waals surface area contributed by atoms with E-state index < -0.39 is 23.5 Å². The topological polar surface area (TPSA) is 26.0 Å². The van der Waals surface area contributed by atoms with Gasteiger partial charge in [0, 0.05) is 16.1 Å². The number of hydrogen-bond donors (Lipinski definition) is 1. The third-order valence-electron chi connectivity index (χ3n) is 2.92. The molecule has 0 saturated heterocycles. The third-order valence-corrected chi connectivity index (χ3v) is 4.26. The zero-order chi connectivity index (χ0) is 14.9. The molecule has 0 spiro atoms. The van der Waals surface area contributed by atoms with Gasteiger partial charge >= 0.3 is 0 Å². The first-order chi connectivity index (χ1) is 9.40. The van der Waals surface area contributed by atoms with Crippen molar-refractivity contribution >= 4 is 31.9 Å². The molecule has 1 nitrogen and oxygen atoms in total. The van der Waals surface area contributed by atoms with E-state index in [4.69, 9.17) is 5.73 Å². The van der Waals surface area contributed by atoms with Gasteiger partial charge in [0.1, 0.15) is 17.5 Å². The second kappa shape index (κ2) is 6.28. The summed E-state index contributed by atoms with van der Waals surface area (Å²) in [4.78, 5) is 0. The van der Waals surface area contributed by atoms with Crippen molar-refractivity contribution in [2.45, 2.75) is 12.5 Å². The first-order valence-electron chi connectivity index (χ1n) is 5.73. The highest BCUT2D eigenvalue weighted by molar-refractivity contribution is 9.10. The summed E-state index contributed by atoms with van der Waals surface area (Å²) >= 11 is 6.25. The zero-order valence-corrected chi connectivity index (χ0v) is 13.3. The molecule has 0 aliphatic carbocycles. The lowest BCUT2D eigenvalue weighted by Crippen LogP contribution is -2.16. The molecule has 0 bridgehead atoms. The highest BCUT2D eigenvalue weighted by Gasteiger charge is 2.18. The van der Waals surface area contributed by atoms with E-state index in [0.717, 1.165) is 6.07 Å². The minimum absolute atomic E-state index is 0.0703. The third kappa shape index (κ3) is 3.24. The molecule has 0 heterocycles. The van der Waals surface area contributed by atoms with E-state index in [-0.39, 0.29) is 16.5 Å². The molecule has 0 aromatic heterocycles. The molecule has 2 rings (SSSR count). The van der Waals surface area contributed by atoms with E-state index in [0.29, 0.717) is 10.0 Å².